The predicted octanol–water partition coefficient (Wildman–Crippen LogP) is 2.98. The van der Waals surface area contributed by atoms with E-state index in [4.69, 9.17) is 0 Å². The van der Waals surface area contributed by atoms with E-state index in [2.05, 4.69) is 39.4 Å². The van der Waals surface area contributed by atoms with Crippen LogP contribution in [-0.2, 0) is 9.53 Å². The first-order valence-corrected chi connectivity index (χ1v) is 4.86. The van der Waals surface area contributed by atoms with E-state index in [1.54, 1.807) is 0 Å². The SMILES string of the molecule is COC(=O)CC(C(C)C)C(C)(C)C.S. The molecule has 14 heavy (non-hydrogen) atoms. The first-order valence-electron chi connectivity index (χ1n) is 4.86. The summed E-state index contributed by atoms with van der Waals surface area (Å²) in [6.45, 7) is 10.8. The molecule has 0 saturated heterocycles. The number of methoxy groups -OCH3 is 1. The molecule has 0 amide bonds. The minimum atomic E-state index is -0.103. The number of carbonyl (C=O) groups is 1. The van der Waals surface area contributed by atoms with Crippen LogP contribution < -0.4 is 0 Å². The molecule has 86 valence electrons. The van der Waals surface area contributed by atoms with Crippen molar-refractivity contribution in [2.75, 3.05) is 7.11 Å². The van der Waals surface area contributed by atoms with Crippen LogP contribution in [0.25, 0.3) is 0 Å². The minimum absolute atomic E-state index is 0. The molecule has 2 nitrogen and oxygen atoms in total. The van der Waals surface area contributed by atoms with Crippen molar-refractivity contribution in [3.05, 3.63) is 0 Å². The van der Waals surface area contributed by atoms with Gasteiger partial charge in [0.1, 0.15) is 0 Å². The molecule has 0 N–H and O–H groups in total. The fourth-order valence-electron chi connectivity index (χ4n) is 1.80. The van der Waals surface area contributed by atoms with E-state index >= 15 is 0 Å². The van der Waals surface area contributed by atoms with Gasteiger partial charge in [-0.25, -0.2) is 0 Å². The van der Waals surface area contributed by atoms with E-state index in [9.17, 15) is 4.79 Å². The summed E-state index contributed by atoms with van der Waals surface area (Å²) < 4.78 is 4.69. The fourth-order valence-corrected chi connectivity index (χ4v) is 1.80. The lowest BCUT2D eigenvalue weighted by Crippen LogP contribution is -2.28. The van der Waals surface area contributed by atoms with E-state index in [0.29, 0.717) is 18.3 Å². The molecule has 0 rings (SSSR count). The first kappa shape index (κ1) is 16.3. The molecule has 0 heterocycles. The van der Waals surface area contributed by atoms with Crippen molar-refractivity contribution in [3.8, 4) is 0 Å². The molecule has 3 heteroatoms. The molecule has 0 aliphatic heterocycles. The summed E-state index contributed by atoms with van der Waals surface area (Å²) in [5, 5.41) is 0. The molecular formula is C11H24O2S. The number of hydrogen-bond acceptors (Lipinski definition) is 2. The fraction of sp³-hybridized carbons (Fsp3) is 0.909. The Morgan fingerprint density at radius 3 is 1.93 bits per heavy atom. The van der Waals surface area contributed by atoms with Crippen LogP contribution in [0.4, 0.5) is 0 Å². The van der Waals surface area contributed by atoms with Crippen molar-refractivity contribution in [1.29, 1.82) is 0 Å². The Bertz CT molecular complexity index is 171. The zero-order valence-corrected chi connectivity index (χ0v) is 11.2. The van der Waals surface area contributed by atoms with Gasteiger partial charge in [-0.05, 0) is 17.3 Å². The van der Waals surface area contributed by atoms with Gasteiger partial charge in [0.15, 0.2) is 0 Å². The van der Waals surface area contributed by atoms with Gasteiger partial charge in [0.25, 0.3) is 0 Å². The van der Waals surface area contributed by atoms with Crippen LogP contribution >= 0.6 is 13.5 Å². The number of rotatable bonds is 3. The molecule has 0 aromatic heterocycles. The standard InChI is InChI=1S/C11H22O2.H2S/c1-8(2)9(11(3,4)5)7-10(12)13-6;/h8-9H,7H2,1-6H3;1H2. The molecular weight excluding hydrogens is 196 g/mol. The average molecular weight is 220 g/mol. The molecule has 0 aliphatic rings. The van der Waals surface area contributed by atoms with E-state index in [1.165, 1.54) is 7.11 Å². The molecule has 1 unspecified atom stereocenters. The van der Waals surface area contributed by atoms with Crippen LogP contribution in [0.2, 0.25) is 0 Å². The average Bonchev–Trinajstić information content (AvgIpc) is 1.96. The van der Waals surface area contributed by atoms with Crippen molar-refractivity contribution in [2.45, 2.75) is 41.0 Å². The molecule has 0 bridgehead atoms. The maximum atomic E-state index is 11.2. The van der Waals surface area contributed by atoms with Gasteiger partial charge in [-0.3, -0.25) is 4.79 Å². The van der Waals surface area contributed by atoms with E-state index in [0.717, 1.165) is 0 Å². The highest BCUT2D eigenvalue weighted by Crippen LogP contribution is 2.34. The second kappa shape index (κ2) is 6.33. The van der Waals surface area contributed by atoms with Gasteiger partial charge in [-0.1, -0.05) is 34.6 Å². The predicted molar refractivity (Wildman–Crippen MR) is 64.8 cm³/mol. The summed E-state index contributed by atoms with van der Waals surface area (Å²) in [6.07, 6.45) is 0.525. The van der Waals surface area contributed by atoms with Crippen molar-refractivity contribution >= 4 is 19.5 Å². The van der Waals surface area contributed by atoms with E-state index in [1.807, 2.05) is 0 Å². The molecule has 0 aromatic rings. The number of esters is 1. The zero-order chi connectivity index (χ0) is 10.6. The Morgan fingerprint density at radius 1 is 1.29 bits per heavy atom. The van der Waals surface area contributed by atoms with Crippen LogP contribution in [0.1, 0.15) is 41.0 Å². The van der Waals surface area contributed by atoms with Gasteiger partial charge < -0.3 is 4.74 Å². The highest BCUT2D eigenvalue weighted by atomic mass is 32.1. The Morgan fingerprint density at radius 2 is 1.71 bits per heavy atom. The van der Waals surface area contributed by atoms with Crippen LogP contribution in [0.3, 0.4) is 0 Å². The largest absolute Gasteiger partial charge is 0.469 e. The third-order valence-electron chi connectivity index (χ3n) is 2.53. The molecule has 0 radical (unpaired) electrons. The van der Waals surface area contributed by atoms with E-state index < -0.39 is 0 Å². The van der Waals surface area contributed by atoms with Crippen LogP contribution in [0, 0.1) is 17.3 Å². The van der Waals surface area contributed by atoms with Crippen LogP contribution in [-0.4, -0.2) is 13.1 Å². The van der Waals surface area contributed by atoms with Crippen molar-refractivity contribution in [2.24, 2.45) is 17.3 Å². The lowest BCUT2D eigenvalue weighted by atomic mass is 9.72. The van der Waals surface area contributed by atoms with Crippen molar-refractivity contribution in [1.82, 2.24) is 0 Å². The Kier molecular flexibility index (Phi) is 7.35. The van der Waals surface area contributed by atoms with Gasteiger partial charge in [0.2, 0.25) is 0 Å². The quantitative estimate of drug-likeness (QED) is 0.684. The monoisotopic (exact) mass is 220 g/mol. The first-order chi connectivity index (χ1) is 5.79. The van der Waals surface area contributed by atoms with Gasteiger partial charge >= 0.3 is 5.97 Å². The molecule has 0 saturated carbocycles. The summed E-state index contributed by atoms with van der Waals surface area (Å²) in [4.78, 5) is 11.2. The Labute approximate surface area is 94.9 Å². The lowest BCUT2D eigenvalue weighted by molar-refractivity contribution is -0.143. The third-order valence-corrected chi connectivity index (χ3v) is 2.53. The molecule has 1 atom stereocenters. The maximum Gasteiger partial charge on any atom is 0.305 e. The molecule has 0 aromatic carbocycles. The maximum absolute atomic E-state index is 11.2. The summed E-state index contributed by atoms with van der Waals surface area (Å²) in [7, 11) is 1.45. The Balaban J connectivity index is 0. The zero-order valence-electron chi connectivity index (χ0n) is 10.2. The normalized spacial score (nSPS) is 13.4. The summed E-state index contributed by atoms with van der Waals surface area (Å²) in [6, 6.07) is 0. The highest BCUT2D eigenvalue weighted by Gasteiger charge is 2.29. The highest BCUT2D eigenvalue weighted by molar-refractivity contribution is 7.59. The number of ether oxygens (including phenoxy) is 1. The molecule has 0 fully saturated rings. The third kappa shape index (κ3) is 5.53. The topological polar surface area (TPSA) is 26.3 Å². The van der Waals surface area contributed by atoms with Gasteiger partial charge in [0, 0.05) is 6.42 Å². The summed E-state index contributed by atoms with van der Waals surface area (Å²) in [5.74, 6) is 0.799. The number of carbonyl (C=O) groups excluding carboxylic acids is 1. The Hall–Kier alpha value is -0.180. The van der Waals surface area contributed by atoms with Gasteiger partial charge in [-0.15, -0.1) is 0 Å². The second-order valence-electron chi connectivity index (χ2n) is 5.00. The molecule has 0 aliphatic carbocycles. The van der Waals surface area contributed by atoms with Crippen molar-refractivity contribution in [3.63, 3.8) is 0 Å². The van der Waals surface area contributed by atoms with Crippen LogP contribution in [0.15, 0.2) is 0 Å². The second-order valence-corrected chi connectivity index (χ2v) is 5.00. The minimum Gasteiger partial charge on any atom is -0.469 e. The lowest BCUT2D eigenvalue weighted by Gasteiger charge is -2.33. The van der Waals surface area contributed by atoms with Gasteiger partial charge in [0.05, 0.1) is 7.11 Å². The summed E-state index contributed by atoms with van der Waals surface area (Å²) in [5.41, 5.74) is 0.169. The summed E-state index contributed by atoms with van der Waals surface area (Å²) >= 11 is 0. The number of hydrogen-bond donors (Lipinski definition) is 0. The van der Waals surface area contributed by atoms with Crippen LogP contribution in [0.5, 0.6) is 0 Å². The van der Waals surface area contributed by atoms with Gasteiger partial charge in [-0.2, -0.15) is 13.5 Å². The molecule has 0 spiro atoms. The van der Waals surface area contributed by atoms with E-state index in [-0.39, 0.29) is 24.9 Å². The van der Waals surface area contributed by atoms with Crippen molar-refractivity contribution < 1.29 is 9.53 Å². The smallest absolute Gasteiger partial charge is 0.305 e.